The molecule has 1 saturated heterocycles. The summed E-state index contributed by atoms with van der Waals surface area (Å²) in [5, 5.41) is 14.5. The molecule has 9 rings (SSSR count). The number of ether oxygens (including phenoxy) is 2. The molecule has 5 fully saturated rings. The molecule has 0 bridgehead atoms. The molecule has 3 N–H and O–H groups in total. The number of nitrogens with zero attached hydrogens (tertiary/aromatic N) is 4. The van der Waals surface area contributed by atoms with Crippen LogP contribution in [0.2, 0.25) is 0 Å². The van der Waals surface area contributed by atoms with Crippen LogP contribution in [0.25, 0.3) is 11.1 Å². The highest BCUT2D eigenvalue weighted by atomic mass is 19.1. The van der Waals surface area contributed by atoms with Gasteiger partial charge in [-0.2, -0.15) is 5.10 Å². The van der Waals surface area contributed by atoms with Gasteiger partial charge < -0.3 is 25.4 Å². The van der Waals surface area contributed by atoms with Crippen molar-refractivity contribution in [2.45, 2.75) is 94.4 Å². The monoisotopic (exact) mass is 733 g/mol. The average Bonchev–Trinajstić information content (AvgIpc) is 4.13. The van der Waals surface area contributed by atoms with Crippen molar-refractivity contribution in [3.63, 3.8) is 0 Å². The number of piperazine rings is 1. The van der Waals surface area contributed by atoms with Gasteiger partial charge in [0.2, 0.25) is 5.88 Å². The Labute approximate surface area is 315 Å². The molecule has 12 heteroatoms. The van der Waals surface area contributed by atoms with E-state index in [2.05, 4.69) is 43.1 Å². The van der Waals surface area contributed by atoms with Crippen molar-refractivity contribution in [3.05, 3.63) is 89.1 Å². The number of pyridine rings is 1. The molecule has 1 atom stereocenters. The molecule has 4 aliphatic carbocycles. The number of aryl methyl sites for hydroxylation is 2. The van der Waals surface area contributed by atoms with E-state index in [-0.39, 0.29) is 45.9 Å². The minimum absolute atomic E-state index is 0.0221. The maximum absolute atomic E-state index is 14.5. The van der Waals surface area contributed by atoms with Gasteiger partial charge in [0.05, 0.1) is 13.3 Å². The van der Waals surface area contributed by atoms with Crippen molar-refractivity contribution in [2.75, 3.05) is 20.2 Å². The smallest absolute Gasteiger partial charge is 0.272 e. The molecule has 4 aromatic rings. The quantitative estimate of drug-likeness (QED) is 0.180. The van der Waals surface area contributed by atoms with Crippen LogP contribution in [0.15, 0.2) is 60.8 Å². The number of carbonyl (C=O) groups excluding carboxylic acids is 2. The summed E-state index contributed by atoms with van der Waals surface area (Å²) >= 11 is 0. The highest BCUT2D eigenvalue weighted by molar-refractivity contribution is 5.97. The summed E-state index contributed by atoms with van der Waals surface area (Å²) in [5.74, 6) is 0.162. The second-order valence-corrected chi connectivity index (χ2v) is 16.6. The second-order valence-electron chi connectivity index (χ2n) is 16.6. The molecular weight excluding hydrogens is 686 g/mol. The topological polar surface area (TPSA) is 123 Å². The summed E-state index contributed by atoms with van der Waals surface area (Å²) in [6.07, 6.45) is 10.3. The van der Waals surface area contributed by atoms with Crippen LogP contribution in [-0.4, -0.2) is 74.8 Å². The van der Waals surface area contributed by atoms with Gasteiger partial charge in [-0.1, -0.05) is 30.3 Å². The van der Waals surface area contributed by atoms with Crippen LogP contribution in [0.3, 0.4) is 0 Å². The Morgan fingerprint density at radius 3 is 2.39 bits per heavy atom. The van der Waals surface area contributed by atoms with Gasteiger partial charge in [0.15, 0.2) is 0 Å². The molecule has 2 aromatic heterocycles. The van der Waals surface area contributed by atoms with Crippen molar-refractivity contribution in [3.8, 4) is 28.5 Å². The van der Waals surface area contributed by atoms with Gasteiger partial charge in [-0.15, -0.1) is 0 Å². The third kappa shape index (κ3) is 6.86. The first-order chi connectivity index (χ1) is 26.0. The number of halogens is 1. The third-order valence-corrected chi connectivity index (χ3v) is 12.6. The number of amides is 2. The number of nitrogens with one attached hydrogen (secondary N) is 3. The standard InChI is InChI=1S/C42H48FN7O4/c1-26-18-34(47-49(26)2)38(52)45-30-10-12-40(13-11-30)21-35(40)46-37(51)33-20-29(43)22-44-39(33)54-31-8-4-6-27(19-31)32-9-5-7-28(36(32)53-3)23-50-24-41(14-15-41)48-42(25-50)16-17-42/h4-9,18-20,22,30,35,48H,10-17,21,23-25H2,1-3H3,(H,45,52)(H,46,51). The van der Waals surface area contributed by atoms with Gasteiger partial charge in [0, 0.05) is 66.7 Å². The van der Waals surface area contributed by atoms with Crippen molar-refractivity contribution in [2.24, 2.45) is 12.5 Å². The number of hydrogen-bond acceptors (Lipinski definition) is 8. The Bertz CT molecular complexity index is 2080. The lowest BCUT2D eigenvalue weighted by Crippen LogP contribution is -2.59. The molecule has 3 heterocycles. The van der Waals surface area contributed by atoms with E-state index in [0.29, 0.717) is 11.4 Å². The first-order valence-electron chi connectivity index (χ1n) is 19.3. The van der Waals surface area contributed by atoms with Crippen LogP contribution >= 0.6 is 0 Å². The zero-order chi connectivity index (χ0) is 37.2. The van der Waals surface area contributed by atoms with Crippen molar-refractivity contribution in [1.82, 2.24) is 35.6 Å². The van der Waals surface area contributed by atoms with Gasteiger partial charge in [-0.05, 0) is 100.0 Å². The summed E-state index contributed by atoms with van der Waals surface area (Å²) in [4.78, 5) is 33.2. The maximum Gasteiger partial charge on any atom is 0.272 e. The molecule has 11 nitrogen and oxygen atoms in total. The predicted molar refractivity (Wildman–Crippen MR) is 201 cm³/mol. The molecule has 2 aromatic carbocycles. The van der Waals surface area contributed by atoms with E-state index in [1.807, 2.05) is 38.2 Å². The summed E-state index contributed by atoms with van der Waals surface area (Å²) in [6, 6.07) is 16.9. The molecule has 2 amide bonds. The summed E-state index contributed by atoms with van der Waals surface area (Å²) < 4.78 is 28.5. The Kier molecular flexibility index (Phi) is 8.53. The molecule has 1 aliphatic heterocycles. The van der Waals surface area contributed by atoms with Crippen LogP contribution in [0.5, 0.6) is 17.4 Å². The minimum atomic E-state index is -0.614. The van der Waals surface area contributed by atoms with Gasteiger partial charge >= 0.3 is 0 Å². The highest BCUT2D eigenvalue weighted by Gasteiger charge is 2.58. The first kappa shape index (κ1) is 34.9. The minimum Gasteiger partial charge on any atom is -0.496 e. The van der Waals surface area contributed by atoms with E-state index in [4.69, 9.17) is 9.47 Å². The van der Waals surface area contributed by atoms with Gasteiger partial charge in [0.25, 0.3) is 11.8 Å². The average molecular weight is 734 g/mol. The van der Waals surface area contributed by atoms with Crippen LogP contribution in [-0.2, 0) is 13.6 Å². The number of para-hydroxylation sites is 1. The van der Waals surface area contributed by atoms with Crippen LogP contribution in [0.1, 0.15) is 89.9 Å². The summed E-state index contributed by atoms with van der Waals surface area (Å²) in [7, 11) is 3.54. The van der Waals surface area contributed by atoms with E-state index in [1.54, 1.807) is 23.9 Å². The molecule has 1 unspecified atom stereocenters. The Balaban J connectivity index is 0.855. The molecule has 0 radical (unpaired) electrons. The Hall–Kier alpha value is -4.81. The van der Waals surface area contributed by atoms with Crippen LogP contribution < -0.4 is 25.4 Å². The summed E-state index contributed by atoms with van der Waals surface area (Å²) in [6.45, 7) is 4.85. The molecular formula is C42H48FN7O4. The molecule has 282 valence electrons. The fourth-order valence-electron chi connectivity index (χ4n) is 9.07. The predicted octanol–water partition coefficient (Wildman–Crippen LogP) is 6.06. The second kappa shape index (κ2) is 13.2. The van der Waals surface area contributed by atoms with Crippen LogP contribution in [0, 0.1) is 18.2 Å². The number of hydrogen-bond donors (Lipinski definition) is 3. The molecule has 3 spiro atoms. The molecule has 5 aliphatic rings. The third-order valence-electron chi connectivity index (χ3n) is 12.6. The van der Waals surface area contributed by atoms with E-state index >= 15 is 0 Å². The number of benzene rings is 2. The Morgan fingerprint density at radius 1 is 0.963 bits per heavy atom. The van der Waals surface area contributed by atoms with E-state index in [0.717, 1.165) is 86.1 Å². The van der Waals surface area contributed by atoms with E-state index < -0.39 is 11.7 Å². The number of carbonyl (C=O) groups is 2. The zero-order valence-corrected chi connectivity index (χ0v) is 31.2. The lowest BCUT2D eigenvalue weighted by molar-refractivity contribution is 0.0911. The van der Waals surface area contributed by atoms with Crippen molar-refractivity contribution < 1.29 is 23.5 Å². The van der Waals surface area contributed by atoms with Gasteiger partial charge in [-0.25, -0.2) is 9.37 Å². The number of methoxy groups -OCH3 is 1. The largest absolute Gasteiger partial charge is 0.496 e. The zero-order valence-electron chi connectivity index (χ0n) is 31.2. The van der Waals surface area contributed by atoms with Crippen molar-refractivity contribution in [1.29, 1.82) is 0 Å². The molecule has 4 saturated carbocycles. The fraction of sp³-hybridized carbons (Fsp3) is 0.476. The first-order valence-corrected chi connectivity index (χ1v) is 19.3. The van der Waals surface area contributed by atoms with E-state index in [9.17, 15) is 14.0 Å². The highest BCUT2D eigenvalue weighted by Crippen LogP contribution is 2.56. The number of rotatable bonds is 10. The maximum atomic E-state index is 14.5. The lowest BCUT2D eigenvalue weighted by atomic mass is 9.82. The van der Waals surface area contributed by atoms with E-state index in [1.165, 1.54) is 31.7 Å². The molecule has 54 heavy (non-hydrogen) atoms. The number of aromatic nitrogens is 3. The van der Waals surface area contributed by atoms with Crippen LogP contribution in [0.4, 0.5) is 4.39 Å². The SMILES string of the molecule is COc1c(CN2CC3(CC3)NC3(CC3)C2)cccc1-c1cccc(Oc2ncc(F)cc2C(=O)NC2CC23CCC(NC(=O)c2cc(C)n(C)n2)CC3)c1. The normalized spacial score (nSPS) is 24.7. The van der Waals surface area contributed by atoms with Gasteiger partial charge in [-0.3, -0.25) is 19.2 Å². The fourth-order valence-corrected chi connectivity index (χ4v) is 9.07. The summed E-state index contributed by atoms with van der Waals surface area (Å²) in [5.41, 5.74) is 4.94. The lowest BCUT2D eigenvalue weighted by Gasteiger charge is -2.40. The van der Waals surface area contributed by atoms with Gasteiger partial charge in [0.1, 0.15) is 28.6 Å². The van der Waals surface area contributed by atoms with Crippen molar-refractivity contribution >= 4 is 11.8 Å². The Morgan fingerprint density at radius 2 is 1.70 bits per heavy atom.